The van der Waals surface area contributed by atoms with E-state index in [-0.39, 0.29) is 23.6 Å². The highest BCUT2D eigenvalue weighted by molar-refractivity contribution is 6.16. The predicted molar refractivity (Wildman–Crippen MR) is 134 cm³/mol. The molecular formula is C27H32F3N3O6. The molecule has 1 amide bonds. The Morgan fingerprint density at radius 2 is 1.79 bits per heavy atom. The molecule has 4 rings (SSSR count). The van der Waals surface area contributed by atoms with Gasteiger partial charge in [-0.25, -0.2) is 9.78 Å². The largest absolute Gasteiger partial charge is 0.492 e. The molecule has 0 N–H and O–H groups in total. The van der Waals surface area contributed by atoms with Crippen molar-refractivity contribution in [3.05, 3.63) is 53.4 Å². The number of alkyl halides is 3. The summed E-state index contributed by atoms with van der Waals surface area (Å²) in [6.45, 7) is 10.8. The fourth-order valence-corrected chi connectivity index (χ4v) is 4.37. The molecule has 0 atom stereocenters. The molecule has 0 saturated carbocycles. The highest BCUT2D eigenvalue weighted by atomic mass is 19.4. The Hall–Kier alpha value is -3.38. The Morgan fingerprint density at radius 3 is 2.41 bits per heavy atom. The number of morpholine rings is 1. The zero-order chi connectivity index (χ0) is 28.4. The second-order valence-corrected chi connectivity index (χ2v) is 10.3. The van der Waals surface area contributed by atoms with Crippen molar-refractivity contribution in [1.82, 2.24) is 14.8 Å². The molecule has 2 aliphatic rings. The van der Waals surface area contributed by atoms with Crippen LogP contribution in [0.3, 0.4) is 0 Å². The predicted octanol–water partition coefficient (Wildman–Crippen LogP) is 4.13. The third kappa shape index (κ3) is 6.80. The molecule has 1 fully saturated rings. The SMILES string of the molecule is CC(C)OC(=O)C1=CN(C(=O)c2ccc(OCCN3CCOCC3)cc2)CC(C)(C)c2nc(C(F)(F)F)oc21. The molecule has 212 valence electrons. The highest BCUT2D eigenvalue weighted by Gasteiger charge is 2.45. The van der Waals surface area contributed by atoms with Crippen LogP contribution in [0.5, 0.6) is 5.75 Å². The smallest absolute Gasteiger partial charge is 0.468 e. The lowest BCUT2D eigenvalue weighted by Crippen LogP contribution is -2.38. The van der Waals surface area contributed by atoms with E-state index < -0.39 is 35.5 Å². The summed E-state index contributed by atoms with van der Waals surface area (Å²) in [5, 5.41) is 0. The molecule has 3 heterocycles. The number of hydrogen-bond acceptors (Lipinski definition) is 8. The summed E-state index contributed by atoms with van der Waals surface area (Å²) in [5.41, 5.74) is -1.18. The Balaban J connectivity index is 1.57. The molecule has 2 aromatic rings. The fraction of sp³-hybridized carbons (Fsp3) is 0.519. The van der Waals surface area contributed by atoms with Gasteiger partial charge in [-0.2, -0.15) is 13.2 Å². The van der Waals surface area contributed by atoms with E-state index in [2.05, 4.69) is 9.88 Å². The monoisotopic (exact) mass is 551 g/mol. The van der Waals surface area contributed by atoms with Gasteiger partial charge in [-0.15, -0.1) is 0 Å². The van der Waals surface area contributed by atoms with Crippen LogP contribution in [0.15, 0.2) is 34.9 Å². The Kier molecular flexibility index (Phi) is 8.36. The van der Waals surface area contributed by atoms with Crippen molar-refractivity contribution < 1.29 is 41.4 Å². The summed E-state index contributed by atoms with van der Waals surface area (Å²) in [6, 6.07) is 6.55. The first kappa shape index (κ1) is 28.6. The van der Waals surface area contributed by atoms with Gasteiger partial charge in [0.15, 0.2) is 5.76 Å². The Labute approximate surface area is 224 Å². The maximum Gasteiger partial charge on any atom is 0.468 e. The maximum atomic E-state index is 13.5. The molecule has 12 heteroatoms. The van der Waals surface area contributed by atoms with Crippen molar-refractivity contribution in [3.8, 4) is 5.75 Å². The number of carbonyl (C=O) groups is 2. The van der Waals surface area contributed by atoms with Gasteiger partial charge in [0.2, 0.25) is 0 Å². The number of oxazole rings is 1. The Morgan fingerprint density at radius 1 is 1.13 bits per heavy atom. The zero-order valence-corrected chi connectivity index (χ0v) is 22.3. The number of aromatic nitrogens is 1. The topological polar surface area (TPSA) is 94.3 Å². The van der Waals surface area contributed by atoms with Crippen molar-refractivity contribution in [2.24, 2.45) is 0 Å². The van der Waals surface area contributed by atoms with Crippen molar-refractivity contribution >= 4 is 17.4 Å². The molecule has 0 unspecified atom stereocenters. The molecule has 2 aliphatic heterocycles. The van der Waals surface area contributed by atoms with Gasteiger partial charge in [-0.05, 0) is 38.1 Å². The van der Waals surface area contributed by atoms with Gasteiger partial charge in [-0.3, -0.25) is 9.69 Å². The summed E-state index contributed by atoms with van der Waals surface area (Å²) in [6.07, 6.45) is -4.22. The number of fused-ring (bicyclic) bond motifs is 1. The van der Waals surface area contributed by atoms with Gasteiger partial charge in [0, 0.05) is 43.4 Å². The minimum absolute atomic E-state index is 0.0566. The summed E-state index contributed by atoms with van der Waals surface area (Å²) >= 11 is 0. The first-order valence-corrected chi connectivity index (χ1v) is 12.7. The lowest BCUT2D eigenvalue weighted by molar-refractivity contribution is -0.157. The summed E-state index contributed by atoms with van der Waals surface area (Å²) < 4.78 is 61.7. The van der Waals surface area contributed by atoms with E-state index in [1.807, 2.05) is 0 Å². The van der Waals surface area contributed by atoms with Crippen molar-refractivity contribution in [2.75, 3.05) is 46.0 Å². The van der Waals surface area contributed by atoms with E-state index in [1.165, 1.54) is 11.1 Å². The molecule has 0 aliphatic carbocycles. The molecular weight excluding hydrogens is 519 g/mol. The lowest BCUT2D eigenvalue weighted by atomic mass is 9.87. The van der Waals surface area contributed by atoms with Crippen LogP contribution in [0.4, 0.5) is 13.2 Å². The first-order chi connectivity index (χ1) is 18.3. The van der Waals surface area contributed by atoms with Crippen molar-refractivity contribution in [2.45, 2.75) is 45.4 Å². The van der Waals surface area contributed by atoms with Gasteiger partial charge in [-0.1, -0.05) is 13.8 Å². The number of halogens is 3. The summed E-state index contributed by atoms with van der Waals surface area (Å²) in [7, 11) is 0. The maximum absolute atomic E-state index is 13.5. The quantitative estimate of drug-likeness (QED) is 0.475. The van der Waals surface area contributed by atoms with Gasteiger partial charge in [0.05, 0.1) is 25.0 Å². The molecule has 0 bridgehead atoms. The minimum atomic E-state index is -4.85. The van der Waals surface area contributed by atoms with Crippen molar-refractivity contribution in [3.63, 3.8) is 0 Å². The molecule has 0 radical (unpaired) electrons. The fourth-order valence-electron chi connectivity index (χ4n) is 4.37. The Bertz CT molecular complexity index is 1210. The number of esters is 1. The van der Waals surface area contributed by atoms with Crippen LogP contribution >= 0.6 is 0 Å². The number of ether oxygens (including phenoxy) is 3. The van der Waals surface area contributed by atoms with Gasteiger partial charge in [0.25, 0.3) is 5.91 Å². The van der Waals surface area contributed by atoms with E-state index in [4.69, 9.17) is 18.6 Å². The average Bonchev–Trinajstić information content (AvgIpc) is 3.30. The van der Waals surface area contributed by atoms with Gasteiger partial charge >= 0.3 is 18.0 Å². The van der Waals surface area contributed by atoms with Crippen LogP contribution in [0.1, 0.15) is 55.4 Å². The van der Waals surface area contributed by atoms with Crippen LogP contribution in [0.2, 0.25) is 0 Å². The normalized spacial score (nSPS) is 17.8. The second-order valence-electron chi connectivity index (χ2n) is 10.3. The first-order valence-electron chi connectivity index (χ1n) is 12.7. The minimum Gasteiger partial charge on any atom is -0.492 e. The standard InChI is InChI=1S/C27H32F3N3O6/c1-17(2)38-24(35)20-15-33(16-26(3,4)22-21(20)39-25(31-22)27(28,29)30)23(34)18-5-7-19(8-6-18)37-14-11-32-9-12-36-13-10-32/h5-8,15,17H,9-14,16H2,1-4H3. The van der Waals surface area contributed by atoms with Crippen LogP contribution in [0, 0.1) is 0 Å². The van der Waals surface area contributed by atoms with E-state index in [9.17, 15) is 22.8 Å². The van der Waals surface area contributed by atoms with Crippen LogP contribution < -0.4 is 4.74 Å². The average molecular weight is 552 g/mol. The van der Waals surface area contributed by atoms with E-state index in [0.29, 0.717) is 31.1 Å². The number of rotatable bonds is 7. The van der Waals surface area contributed by atoms with E-state index in [1.54, 1.807) is 52.0 Å². The van der Waals surface area contributed by atoms with E-state index in [0.717, 1.165) is 19.6 Å². The summed E-state index contributed by atoms with van der Waals surface area (Å²) in [5.74, 6) is -2.62. The molecule has 1 saturated heterocycles. The molecule has 39 heavy (non-hydrogen) atoms. The van der Waals surface area contributed by atoms with Crippen molar-refractivity contribution in [1.29, 1.82) is 0 Å². The van der Waals surface area contributed by atoms with Crippen LogP contribution in [-0.2, 0) is 25.9 Å². The molecule has 9 nitrogen and oxygen atoms in total. The van der Waals surface area contributed by atoms with Crippen LogP contribution in [-0.4, -0.2) is 78.8 Å². The third-order valence-electron chi connectivity index (χ3n) is 6.31. The number of nitrogens with zero attached hydrogens (tertiary/aromatic N) is 3. The number of carbonyl (C=O) groups excluding carboxylic acids is 2. The van der Waals surface area contributed by atoms with Crippen LogP contribution in [0.25, 0.3) is 5.57 Å². The molecule has 1 aromatic carbocycles. The lowest BCUT2D eigenvalue weighted by Gasteiger charge is -2.28. The number of benzene rings is 1. The highest BCUT2D eigenvalue weighted by Crippen LogP contribution is 2.40. The number of amides is 1. The van der Waals surface area contributed by atoms with Gasteiger partial charge < -0.3 is 23.5 Å². The number of hydrogen-bond donors (Lipinski definition) is 0. The second kappa shape index (κ2) is 11.4. The van der Waals surface area contributed by atoms with E-state index >= 15 is 0 Å². The summed E-state index contributed by atoms with van der Waals surface area (Å²) in [4.78, 5) is 33.6. The van der Waals surface area contributed by atoms with Gasteiger partial charge in [0.1, 0.15) is 17.9 Å². The molecule has 1 aromatic heterocycles. The third-order valence-corrected chi connectivity index (χ3v) is 6.31. The molecule has 0 spiro atoms. The zero-order valence-electron chi connectivity index (χ0n) is 22.3.